The zero-order valence-electron chi connectivity index (χ0n) is 19.3. The summed E-state index contributed by atoms with van der Waals surface area (Å²) in [4.78, 5) is 36.0. The molecule has 0 saturated carbocycles. The molecule has 35 heavy (non-hydrogen) atoms. The zero-order valence-corrected chi connectivity index (χ0v) is 19.3. The molecule has 2 fully saturated rings. The van der Waals surface area contributed by atoms with Crippen molar-refractivity contribution in [2.75, 3.05) is 48.5 Å². The van der Waals surface area contributed by atoms with Gasteiger partial charge >= 0.3 is 12.0 Å². The van der Waals surface area contributed by atoms with Crippen molar-refractivity contribution in [2.45, 2.75) is 25.5 Å². The first kappa shape index (κ1) is 22.9. The standard InChI is InChI=1S/C23H26N8O4/c1-15-12-34-9-7-31(15)21-28-20(29-23(30-21)35-19-6-8-33-13-19)16-2-4-17(5-3-16)26-22(32)27-18-10-24-14-25-11-18/h2-5,10-11,14-15,19H,6-9,12-13H2,1H3,(H2,26,27,32)/t15-,19?/m0/s1. The van der Waals surface area contributed by atoms with Crippen molar-refractivity contribution in [3.8, 4) is 17.4 Å². The lowest BCUT2D eigenvalue weighted by atomic mass is 10.2. The minimum Gasteiger partial charge on any atom is -0.457 e. The Balaban J connectivity index is 1.35. The van der Waals surface area contributed by atoms with Crippen molar-refractivity contribution in [1.82, 2.24) is 24.9 Å². The molecule has 0 radical (unpaired) electrons. The molecule has 2 aromatic heterocycles. The highest BCUT2D eigenvalue weighted by molar-refractivity contribution is 5.99. The van der Waals surface area contributed by atoms with Crippen LogP contribution in [0.3, 0.4) is 0 Å². The van der Waals surface area contributed by atoms with E-state index in [1.807, 2.05) is 12.1 Å². The average Bonchev–Trinajstić information content (AvgIpc) is 3.38. The smallest absolute Gasteiger partial charge is 0.323 e. The summed E-state index contributed by atoms with van der Waals surface area (Å²) in [6.45, 7) is 5.14. The van der Waals surface area contributed by atoms with E-state index in [1.54, 1.807) is 12.1 Å². The maximum Gasteiger partial charge on any atom is 0.323 e. The van der Waals surface area contributed by atoms with Crippen LogP contribution in [0, 0.1) is 0 Å². The molecule has 0 spiro atoms. The predicted molar refractivity (Wildman–Crippen MR) is 127 cm³/mol. The third-order valence-corrected chi connectivity index (χ3v) is 5.61. The van der Waals surface area contributed by atoms with Crippen LogP contribution in [0.4, 0.5) is 22.1 Å². The van der Waals surface area contributed by atoms with Crippen LogP contribution in [-0.2, 0) is 9.47 Å². The molecule has 12 nitrogen and oxygen atoms in total. The summed E-state index contributed by atoms with van der Waals surface area (Å²) >= 11 is 0. The third kappa shape index (κ3) is 5.78. The molecule has 1 unspecified atom stereocenters. The minimum absolute atomic E-state index is 0.0830. The molecule has 0 aliphatic carbocycles. The molecule has 2 aliphatic rings. The van der Waals surface area contributed by atoms with Crippen molar-refractivity contribution in [1.29, 1.82) is 0 Å². The molecule has 1 aromatic carbocycles. The van der Waals surface area contributed by atoms with Gasteiger partial charge in [0, 0.05) is 24.2 Å². The lowest BCUT2D eigenvalue weighted by Crippen LogP contribution is -2.44. The highest BCUT2D eigenvalue weighted by atomic mass is 16.6. The number of nitrogens with zero attached hydrogens (tertiary/aromatic N) is 6. The Labute approximate surface area is 202 Å². The molecule has 182 valence electrons. The topological polar surface area (TPSA) is 137 Å². The van der Waals surface area contributed by atoms with Crippen LogP contribution >= 0.6 is 0 Å². The van der Waals surface area contributed by atoms with Crippen LogP contribution in [0.2, 0.25) is 0 Å². The van der Waals surface area contributed by atoms with Gasteiger partial charge in [-0.2, -0.15) is 15.0 Å². The number of ether oxygens (including phenoxy) is 3. The number of rotatable bonds is 6. The first-order valence-corrected chi connectivity index (χ1v) is 11.4. The molecular weight excluding hydrogens is 452 g/mol. The third-order valence-electron chi connectivity index (χ3n) is 5.61. The molecular formula is C23H26N8O4. The molecule has 0 bridgehead atoms. The van der Waals surface area contributed by atoms with Crippen LogP contribution in [0.5, 0.6) is 6.01 Å². The molecule has 2 aliphatic heterocycles. The maximum absolute atomic E-state index is 12.2. The molecule has 2 amide bonds. The molecule has 2 atom stereocenters. The lowest BCUT2D eigenvalue weighted by Gasteiger charge is -2.33. The van der Waals surface area contributed by atoms with Gasteiger partial charge in [0.2, 0.25) is 5.95 Å². The van der Waals surface area contributed by atoms with Crippen molar-refractivity contribution in [2.24, 2.45) is 0 Å². The maximum atomic E-state index is 12.2. The number of urea groups is 1. The second-order valence-electron chi connectivity index (χ2n) is 8.25. The van der Waals surface area contributed by atoms with E-state index < -0.39 is 6.03 Å². The summed E-state index contributed by atoms with van der Waals surface area (Å²) < 4.78 is 17.0. The van der Waals surface area contributed by atoms with Crippen molar-refractivity contribution < 1.29 is 19.0 Å². The van der Waals surface area contributed by atoms with Gasteiger partial charge in [0.1, 0.15) is 12.4 Å². The second-order valence-corrected chi connectivity index (χ2v) is 8.25. The number of carbonyl (C=O) groups excluding carboxylic acids is 1. The number of nitrogens with one attached hydrogen (secondary N) is 2. The van der Waals surface area contributed by atoms with Gasteiger partial charge in [0.15, 0.2) is 5.82 Å². The SMILES string of the molecule is C[C@H]1COCCN1c1nc(OC2CCOC2)nc(-c2ccc(NC(=O)Nc3cncnc3)cc2)n1. The Bertz CT molecular complexity index is 1140. The van der Waals surface area contributed by atoms with Crippen LogP contribution in [0.25, 0.3) is 11.4 Å². The summed E-state index contributed by atoms with van der Waals surface area (Å²) in [5, 5.41) is 5.45. The Morgan fingerprint density at radius 1 is 1.00 bits per heavy atom. The number of hydrogen-bond donors (Lipinski definition) is 2. The Morgan fingerprint density at radius 3 is 2.51 bits per heavy atom. The van der Waals surface area contributed by atoms with Crippen LogP contribution in [0.15, 0.2) is 43.0 Å². The first-order chi connectivity index (χ1) is 17.1. The van der Waals surface area contributed by atoms with Gasteiger partial charge in [-0.05, 0) is 31.2 Å². The van der Waals surface area contributed by atoms with E-state index in [9.17, 15) is 4.79 Å². The van der Waals surface area contributed by atoms with Gasteiger partial charge in [-0.3, -0.25) is 0 Å². The Morgan fingerprint density at radius 2 is 1.77 bits per heavy atom. The van der Waals surface area contributed by atoms with E-state index in [0.717, 1.165) is 12.0 Å². The molecule has 12 heteroatoms. The monoisotopic (exact) mass is 478 g/mol. The second kappa shape index (κ2) is 10.6. The van der Waals surface area contributed by atoms with Crippen LogP contribution < -0.4 is 20.3 Å². The molecule has 5 rings (SSSR count). The fourth-order valence-electron chi connectivity index (χ4n) is 3.79. The summed E-state index contributed by atoms with van der Waals surface area (Å²) in [5.74, 6) is 1.03. The Kier molecular flexibility index (Phi) is 6.91. The number of anilines is 3. The number of aromatic nitrogens is 5. The zero-order chi connectivity index (χ0) is 24.0. The molecule has 2 saturated heterocycles. The van der Waals surface area contributed by atoms with Crippen molar-refractivity contribution in [3.63, 3.8) is 0 Å². The highest BCUT2D eigenvalue weighted by Crippen LogP contribution is 2.25. The number of carbonyl (C=O) groups is 1. The summed E-state index contributed by atoms with van der Waals surface area (Å²) in [6.07, 6.45) is 5.13. The number of amides is 2. The quantitative estimate of drug-likeness (QED) is 0.543. The van der Waals surface area contributed by atoms with Crippen LogP contribution in [0.1, 0.15) is 13.3 Å². The fraction of sp³-hybridized carbons (Fsp3) is 0.391. The summed E-state index contributed by atoms with van der Waals surface area (Å²) in [6, 6.07) is 7.24. The van der Waals surface area contributed by atoms with E-state index >= 15 is 0 Å². The van der Waals surface area contributed by atoms with E-state index in [4.69, 9.17) is 19.2 Å². The number of hydrogen-bond acceptors (Lipinski definition) is 10. The Hall–Kier alpha value is -3.90. The molecule has 3 aromatic rings. The van der Waals surface area contributed by atoms with Gasteiger partial charge in [-0.25, -0.2) is 14.8 Å². The van der Waals surface area contributed by atoms with E-state index in [0.29, 0.717) is 56.1 Å². The van der Waals surface area contributed by atoms with E-state index in [1.165, 1.54) is 18.7 Å². The van der Waals surface area contributed by atoms with Gasteiger partial charge in [0.25, 0.3) is 0 Å². The van der Waals surface area contributed by atoms with Gasteiger partial charge < -0.3 is 29.7 Å². The number of benzene rings is 1. The van der Waals surface area contributed by atoms with Gasteiger partial charge in [-0.1, -0.05) is 0 Å². The normalized spacial score (nSPS) is 19.9. The van der Waals surface area contributed by atoms with E-state index in [-0.39, 0.29) is 18.2 Å². The van der Waals surface area contributed by atoms with Crippen LogP contribution in [-0.4, -0.2) is 76.1 Å². The van der Waals surface area contributed by atoms with Crippen molar-refractivity contribution >= 4 is 23.4 Å². The predicted octanol–water partition coefficient (Wildman–Crippen LogP) is 2.37. The average molecular weight is 479 g/mol. The number of morpholine rings is 1. The van der Waals surface area contributed by atoms with Gasteiger partial charge in [-0.15, -0.1) is 0 Å². The molecule has 4 heterocycles. The fourth-order valence-corrected chi connectivity index (χ4v) is 3.79. The highest BCUT2D eigenvalue weighted by Gasteiger charge is 2.25. The summed E-state index contributed by atoms with van der Waals surface area (Å²) in [5.41, 5.74) is 1.88. The first-order valence-electron chi connectivity index (χ1n) is 11.4. The van der Waals surface area contributed by atoms with E-state index in [2.05, 4.69) is 42.4 Å². The summed E-state index contributed by atoms with van der Waals surface area (Å²) in [7, 11) is 0. The molecule has 2 N–H and O–H groups in total. The lowest BCUT2D eigenvalue weighted by molar-refractivity contribution is 0.0977. The van der Waals surface area contributed by atoms with Gasteiger partial charge in [0.05, 0.1) is 50.6 Å². The largest absolute Gasteiger partial charge is 0.457 e. The minimum atomic E-state index is -0.397. The van der Waals surface area contributed by atoms with Crippen molar-refractivity contribution in [3.05, 3.63) is 43.0 Å².